The molecule has 0 amide bonds. The predicted octanol–water partition coefficient (Wildman–Crippen LogP) is 6.00. The van der Waals surface area contributed by atoms with Gasteiger partial charge in [0.15, 0.2) is 0 Å². The number of hydrogen-bond acceptors (Lipinski definition) is 1. The molecule has 0 aliphatic rings. The van der Waals surface area contributed by atoms with Gasteiger partial charge in [0.25, 0.3) is 0 Å². The van der Waals surface area contributed by atoms with Gasteiger partial charge in [0.05, 0.1) is 0 Å². The van der Waals surface area contributed by atoms with Crippen molar-refractivity contribution in [2.45, 2.75) is 53.4 Å². The lowest BCUT2D eigenvalue weighted by Gasteiger charge is -2.15. The fourth-order valence-corrected chi connectivity index (χ4v) is 2.74. The number of benzene rings is 2. The third-order valence-corrected chi connectivity index (χ3v) is 4.05. The highest BCUT2D eigenvalue weighted by molar-refractivity contribution is 5.46. The highest BCUT2D eigenvalue weighted by Crippen LogP contribution is 2.31. The molecule has 0 saturated carbocycles. The lowest BCUT2D eigenvalue weighted by molar-refractivity contribution is 0.473. The zero-order valence-corrected chi connectivity index (χ0v) is 13.7. The zero-order valence-electron chi connectivity index (χ0n) is 13.7. The Kier molecular flexibility index (Phi) is 5.44. The smallest absolute Gasteiger partial charge is 0.130 e. The van der Waals surface area contributed by atoms with Crippen molar-refractivity contribution in [2.24, 2.45) is 0 Å². The van der Waals surface area contributed by atoms with E-state index in [0.717, 1.165) is 37.2 Å². The van der Waals surface area contributed by atoms with Crippen LogP contribution < -0.4 is 4.74 Å². The molecule has 0 aliphatic heterocycles. The Morgan fingerprint density at radius 1 is 0.714 bits per heavy atom. The summed E-state index contributed by atoms with van der Waals surface area (Å²) in [5, 5.41) is 0. The molecule has 0 spiro atoms. The highest BCUT2D eigenvalue weighted by Gasteiger charge is 2.09. The van der Waals surface area contributed by atoms with E-state index in [4.69, 9.17) is 4.74 Å². The molecule has 2 aromatic rings. The Morgan fingerprint density at radius 2 is 1.14 bits per heavy atom. The minimum atomic E-state index is 0.984. The predicted molar refractivity (Wildman–Crippen MR) is 90.4 cm³/mol. The van der Waals surface area contributed by atoms with Crippen LogP contribution in [0.15, 0.2) is 36.4 Å². The second-order valence-electron chi connectivity index (χ2n) is 5.68. The zero-order chi connectivity index (χ0) is 15.2. The molecule has 21 heavy (non-hydrogen) atoms. The first-order valence-corrected chi connectivity index (χ1v) is 8.02. The average molecular weight is 282 g/mol. The average Bonchev–Trinajstić information content (AvgIpc) is 2.48. The van der Waals surface area contributed by atoms with Crippen LogP contribution in [0.5, 0.6) is 11.5 Å². The molecule has 0 aliphatic carbocycles. The maximum atomic E-state index is 6.21. The molecule has 0 N–H and O–H groups in total. The lowest BCUT2D eigenvalue weighted by Crippen LogP contribution is -1.96. The largest absolute Gasteiger partial charge is 0.457 e. The minimum absolute atomic E-state index is 0.984. The molecular weight excluding hydrogens is 256 g/mol. The maximum absolute atomic E-state index is 6.21. The molecule has 0 heterocycles. The van der Waals surface area contributed by atoms with Crippen molar-refractivity contribution in [1.82, 2.24) is 0 Å². The number of rotatable bonds is 6. The van der Waals surface area contributed by atoms with Gasteiger partial charge in [-0.15, -0.1) is 0 Å². The van der Waals surface area contributed by atoms with E-state index < -0.39 is 0 Å². The second kappa shape index (κ2) is 7.31. The Balaban J connectivity index is 2.30. The van der Waals surface area contributed by atoms with Crippen LogP contribution in [0.3, 0.4) is 0 Å². The molecule has 2 rings (SSSR count). The van der Waals surface area contributed by atoms with Gasteiger partial charge < -0.3 is 4.74 Å². The molecule has 0 aromatic heterocycles. The summed E-state index contributed by atoms with van der Waals surface area (Å²) in [7, 11) is 0. The van der Waals surface area contributed by atoms with Gasteiger partial charge in [-0.1, -0.05) is 51.0 Å². The fourth-order valence-electron chi connectivity index (χ4n) is 2.74. The monoisotopic (exact) mass is 282 g/mol. The van der Waals surface area contributed by atoms with Crippen molar-refractivity contribution in [2.75, 3.05) is 0 Å². The third kappa shape index (κ3) is 3.66. The summed E-state index contributed by atoms with van der Waals surface area (Å²) in [6, 6.07) is 12.7. The van der Waals surface area contributed by atoms with E-state index in [9.17, 15) is 0 Å². The summed E-state index contributed by atoms with van der Waals surface area (Å²) in [6.45, 7) is 8.74. The number of aryl methyl sites for hydroxylation is 2. The summed E-state index contributed by atoms with van der Waals surface area (Å²) in [4.78, 5) is 0. The van der Waals surface area contributed by atoms with Crippen molar-refractivity contribution in [3.63, 3.8) is 0 Å². The summed E-state index contributed by atoms with van der Waals surface area (Å²) < 4.78 is 6.21. The van der Waals surface area contributed by atoms with E-state index in [1.54, 1.807) is 0 Å². The highest BCUT2D eigenvalue weighted by atomic mass is 16.5. The topological polar surface area (TPSA) is 9.23 Å². The first kappa shape index (κ1) is 15.6. The molecule has 1 heteroatoms. The molecule has 1 nitrogen and oxygen atoms in total. The van der Waals surface area contributed by atoms with Gasteiger partial charge >= 0.3 is 0 Å². The molecule has 0 atom stereocenters. The van der Waals surface area contributed by atoms with E-state index in [-0.39, 0.29) is 0 Å². The van der Waals surface area contributed by atoms with E-state index >= 15 is 0 Å². The maximum Gasteiger partial charge on any atom is 0.130 e. The fraction of sp³-hybridized carbons (Fsp3) is 0.400. The van der Waals surface area contributed by atoms with Gasteiger partial charge in [0, 0.05) is 0 Å². The normalized spacial score (nSPS) is 10.7. The van der Waals surface area contributed by atoms with E-state index in [1.165, 1.54) is 22.3 Å². The van der Waals surface area contributed by atoms with Crippen LogP contribution in [0, 0.1) is 13.8 Å². The minimum Gasteiger partial charge on any atom is -0.457 e. The van der Waals surface area contributed by atoms with Crippen LogP contribution in [0.1, 0.15) is 48.9 Å². The van der Waals surface area contributed by atoms with Crippen LogP contribution in [0.4, 0.5) is 0 Å². The molecule has 0 unspecified atom stereocenters. The standard InChI is InChI=1S/C20H26O/c1-5-9-17-11-7-13-19(15(17)3)21-20-14-8-12-18(10-6-2)16(20)4/h7-8,11-14H,5-6,9-10H2,1-4H3. The van der Waals surface area contributed by atoms with Crippen molar-refractivity contribution in [3.8, 4) is 11.5 Å². The Labute approximate surface area is 129 Å². The van der Waals surface area contributed by atoms with E-state index in [1.807, 2.05) is 0 Å². The van der Waals surface area contributed by atoms with Crippen LogP contribution in [0.25, 0.3) is 0 Å². The SMILES string of the molecule is CCCc1cccc(Oc2cccc(CCC)c2C)c1C. The van der Waals surface area contributed by atoms with Crippen LogP contribution in [0.2, 0.25) is 0 Å². The number of hydrogen-bond donors (Lipinski definition) is 0. The summed E-state index contributed by atoms with van der Waals surface area (Å²) in [5.41, 5.74) is 5.30. The molecule has 0 saturated heterocycles. The van der Waals surface area contributed by atoms with Gasteiger partial charge in [-0.3, -0.25) is 0 Å². The van der Waals surface area contributed by atoms with Crippen molar-refractivity contribution >= 4 is 0 Å². The van der Waals surface area contributed by atoms with Gasteiger partial charge in [-0.2, -0.15) is 0 Å². The number of ether oxygens (including phenoxy) is 1. The van der Waals surface area contributed by atoms with Crippen molar-refractivity contribution in [3.05, 3.63) is 58.7 Å². The van der Waals surface area contributed by atoms with Gasteiger partial charge in [-0.25, -0.2) is 0 Å². The molecule has 0 radical (unpaired) electrons. The third-order valence-electron chi connectivity index (χ3n) is 4.05. The van der Waals surface area contributed by atoms with E-state index in [0.29, 0.717) is 0 Å². The van der Waals surface area contributed by atoms with Crippen LogP contribution in [-0.4, -0.2) is 0 Å². The van der Waals surface area contributed by atoms with Gasteiger partial charge in [0.1, 0.15) is 11.5 Å². The Morgan fingerprint density at radius 3 is 1.52 bits per heavy atom. The molecule has 0 fully saturated rings. The lowest BCUT2D eigenvalue weighted by atomic mass is 10.0. The summed E-state index contributed by atoms with van der Waals surface area (Å²) in [6.07, 6.45) is 4.54. The van der Waals surface area contributed by atoms with Crippen molar-refractivity contribution < 1.29 is 4.74 Å². The molecular formula is C20H26O. The molecule has 112 valence electrons. The first-order chi connectivity index (χ1) is 10.2. The van der Waals surface area contributed by atoms with Crippen LogP contribution >= 0.6 is 0 Å². The van der Waals surface area contributed by atoms with E-state index in [2.05, 4.69) is 64.1 Å². The second-order valence-corrected chi connectivity index (χ2v) is 5.68. The summed E-state index contributed by atoms with van der Waals surface area (Å²) in [5.74, 6) is 1.97. The molecule has 0 bridgehead atoms. The van der Waals surface area contributed by atoms with Crippen molar-refractivity contribution in [1.29, 1.82) is 0 Å². The van der Waals surface area contributed by atoms with Crippen LogP contribution in [-0.2, 0) is 12.8 Å². The Bertz CT molecular complexity index is 545. The summed E-state index contributed by atoms with van der Waals surface area (Å²) >= 11 is 0. The van der Waals surface area contributed by atoms with Gasteiger partial charge in [0.2, 0.25) is 0 Å². The first-order valence-electron chi connectivity index (χ1n) is 8.02. The van der Waals surface area contributed by atoms with Gasteiger partial charge in [-0.05, 0) is 61.1 Å². The Hall–Kier alpha value is -1.76. The quantitative estimate of drug-likeness (QED) is 0.631. The molecule has 2 aromatic carbocycles.